The van der Waals surface area contributed by atoms with Gasteiger partial charge in [0, 0.05) is 36.8 Å². The van der Waals surface area contributed by atoms with Crippen molar-refractivity contribution in [3.63, 3.8) is 0 Å². The number of nitrogens with zero attached hydrogens (tertiary/aromatic N) is 3. The van der Waals surface area contributed by atoms with Gasteiger partial charge < -0.3 is 19.7 Å². The summed E-state index contributed by atoms with van der Waals surface area (Å²) in [5.41, 5.74) is 1.68. The standard InChI is InChI=1S/C22H32N4O3/c1-22(2,3)29-21(27)25-11-6-7-18(15-25)24-17-9-10-19-16(13-17)14-23-26(19)20-8-4-5-12-28-20/h9-10,13-14,18,20,24H,4-8,11-12,15H2,1-3H3/t18-,20?/m0/s1. The number of aromatic nitrogens is 2. The molecule has 2 aliphatic rings. The van der Waals surface area contributed by atoms with E-state index in [0.29, 0.717) is 6.54 Å². The lowest BCUT2D eigenvalue weighted by Crippen LogP contribution is -2.46. The van der Waals surface area contributed by atoms with Crippen molar-refractivity contribution in [1.29, 1.82) is 0 Å². The maximum atomic E-state index is 12.4. The van der Waals surface area contributed by atoms with Gasteiger partial charge in [0.2, 0.25) is 0 Å². The maximum absolute atomic E-state index is 12.4. The summed E-state index contributed by atoms with van der Waals surface area (Å²) >= 11 is 0. The largest absolute Gasteiger partial charge is 0.444 e. The third kappa shape index (κ3) is 4.83. The molecule has 0 spiro atoms. The zero-order chi connectivity index (χ0) is 20.4. The second-order valence-electron chi connectivity index (χ2n) is 9.09. The second kappa shape index (κ2) is 8.22. The minimum atomic E-state index is -0.468. The first-order chi connectivity index (χ1) is 13.9. The lowest BCUT2D eigenvalue weighted by molar-refractivity contribution is -0.0366. The minimum Gasteiger partial charge on any atom is -0.444 e. The summed E-state index contributed by atoms with van der Waals surface area (Å²) in [6, 6.07) is 6.55. The molecule has 0 bridgehead atoms. The van der Waals surface area contributed by atoms with Gasteiger partial charge in [-0.15, -0.1) is 0 Å². The highest BCUT2D eigenvalue weighted by atomic mass is 16.6. The molecule has 4 rings (SSSR count). The third-order valence-corrected chi connectivity index (χ3v) is 5.47. The van der Waals surface area contributed by atoms with Crippen LogP contribution in [0.5, 0.6) is 0 Å². The third-order valence-electron chi connectivity index (χ3n) is 5.47. The van der Waals surface area contributed by atoms with E-state index in [1.807, 2.05) is 36.5 Å². The van der Waals surface area contributed by atoms with Crippen molar-refractivity contribution in [3.05, 3.63) is 24.4 Å². The van der Waals surface area contributed by atoms with Crippen molar-refractivity contribution < 1.29 is 14.3 Å². The fourth-order valence-corrected chi connectivity index (χ4v) is 4.11. The van der Waals surface area contributed by atoms with Crippen LogP contribution in [0.4, 0.5) is 10.5 Å². The first-order valence-electron chi connectivity index (χ1n) is 10.7. The van der Waals surface area contributed by atoms with Crippen molar-refractivity contribution in [2.24, 2.45) is 0 Å². The number of hydrogen-bond donors (Lipinski definition) is 1. The zero-order valence-corrected chi connectivity index (χ0v) is 17.7. The fraction of sp³-hybridized carbons (Fsp3) is 0.636. The van der Waals surface area contributed by atoms with Gasteiger partial charge in [0.15, 0.2) is 6.23 Å². The lowest BCUT2D eigenvalue weighted by Gasteiger charge is -2.34. The fourth-order valence-electron chi connectivity index (χ4n) is 4.11. The molecular weight excluding hydrogens is 368 g/mol. The van der Waals surface area contributed by atoms with Gasteiger partial charge in [-0.3, -0.25) is 0 Å². The van der Waals surface area contributed by atoms with Crippen molar-refractivity contribution in [2.45, 2.75) is 70.7 Å². The summed E-state index contributed by atoms with van der Waals surface area (Å²) in [6.45, 7) is 7.92. The normalized spacial score (nSPS) is 23.2. The van der Waals surface area contributed by atoms with Crippen molar-refractivity contribution in [1.82, 2.24) is 14.7 Å². The summed E-state index contributed by atoms with van der Waals surface area (Å²) in [5.74, 6) is 0. The number of rotatable bonds is 3. The van der Waals surface area contributed by atoms with E-state index in [1.165, 1.54) is 6.42 Å². The molecule has 1 unspecified atom stereocenters. The van der Waals surface area contributed by atoms with Gasteiger partial charge in [0.25, 0.3) is 0 Å². The molecule has 0 aliphatic carbocycles. The molecule has 1 amide bonds. The van der Waals surface area contributed by atoms with Crippen LogP contribution in [0.3, 0.4) is 0 Å². The number of benzene rings is 1. The molecule has 0 saturated carbocycles. The monoisotopic (exact) mass is 400 g/mol. The Kier molecular flexibility index (Phi) is 5.67. The van der Waals surface area contributed by atoms with Crippen LogP contribution < -0.4 is 5.32 Å². The second-order valence-corrected chi connectivity index (χ2v) is 9.09. The van der Waals surface area contributed by atoms with Crippen molar-refractivity contribution >= 4 is 22.7 Å². The van der Waals surface area contributed by atoms with E-state index in [9.17, 15) is 4.79 Å². The lowest BCUT2D eigenvalue weighted by atomic mass is 10.1. The SMILES string of the molecule is CC(C)(C)OC(=O)N1CCC[C@H](Nc2ccc3c(cnn3C3CCCCO3)c2)C1. The first kappa shape index (κ1) is 20.0. The number of likely N-dealkylation sites (tertiary alicyclic amines) is 1. The number of ether oxygens (including phenoxy) is 2. The number of amides is 1. The topological polar surface area (TPSA) is 68.6 Å². The number of hydrogen-bond acceptors (Lipinski definition) is 5. The molecule has 7 heteroatoms. The van der Waals surface area contributed by atoms with E-state index in [1.54, 1.807) is 0 Å². The van der Waals surface area contributed by atoms with Gasteiger partial charge in [0.05, 0.1) is 11.7 Å². The summed E-state index contributed by atoms with van der Waals surface area (Å²) in [5, 5.41) is 9.26. The number of piperidine rings is 1. The Morgan fingerprint density at radius 3 is 2.86 bits per heavy atom. The van der Waals surface area contributed by atoms with E-state index in [0.717, 1.165) is 55.4 Å². The number of fused-ring (bicyclic) bond motifs is 1. The molecule has 2 aromatic rings. The van der Waals surface area contributed by atoms with Crippen LogP contribution in [-0.4, -0.2) is 52.1 Å². The molecule has 1 aromatic carbocycles. The Morgan fingerprint density at radius 1 is 1.24 bits per heavy atom. The number of nitrogens with one attached hydrogen (secondary N) is 1. The Morgan fingerprint density at radius 2 is 2.10 bits per heavy atom. The van der Waals surface area contributed by atoms with E-state index in [-0.39, 0.29) is 18.4 Å². The van der Waals surface area contributed by atoms with Crippen LogP contribution in [0.15, 0.2) is 24.4 Å². The molecule has 7 nitrogen and oxygen atoms in total. The molecule has 158 valence electrons. The summed E-state index contributed by atoms with van der Waals surface area (Å²) in [4.78, 5) is 14.2. The molecule has 1 aromatic heterocycles. The zero-order valence-electron chi connectivity index (χ0n) is 17.7. The number of carbonyl (C=O) groups excluding carboxylic acids is 1. The summed E-state index contributed by atoms with van der Waals surface area (Å²) in [6.07, 6.45) is 7.05. The van der Waals surface area contributed by atoms with E-state index >= 15 is 0 Å². The molecule has 0 radical (unpaired) electrons. The first-order valence-corrected chi connectivity index (χ1v) is 10.7. The van der Waals surface area contributed by atoms with Crippen molar-refractivity contribution in [2.75, 3.05) is 25.0 Å². The van der Waals surface area contributed by atoms with E-state index in [4.69, 9.17) is 9.47 Å². The Bertz CT molecular complexity index is 851. The van der Waals surface area contributed by atoms with Gasteiger partial charge in [0.1, 0.15) is 5.60 Å². The molecular formula is C22H32N4O3. The van der Waals surface area contributed by atoms with Crippen LogP contribution in [0.25, 0.3) is 10.9 Å². The van der Waals surface area contributed by atoms with Crippen LogP contribution in [0.1, 0.15) is 59.1 Å². The van der Waals surface area contributed by atoms with Crippen LogP contribution in [0, 0.1) is 0 Å². The molecule has 1 N–H and O–H groups in total. The molecule has 2 atom stereocenters. The highest BCUT2D eigenvalue weighted by Gasteiger charge is 2.27. The van der Waals surface area contributed by atoms with Gasteiger partial charge in [-0.25, -0.2) is 9.48 Å². The van der Waals surface area contributed by atoms with Crippen LogP contribution >= 0.6 is 0 Å². The average Bonchev–Trinajstić information content (AvgIpc) is 3.11. The van der Waals surface area contributed by atoms with E-state index in [2.05, 4.69) is 28.6 Å². The molecule has 3 heterocycles. The van der Waals surface area contributed by atoms with Gasteiger partial charge in [-0.1, -0.05) is 0 Å². The predicted molar refractivity (Wildman–Crippen MR) is 113 cm³/mol. The summed E-state index contributed by atoms with van der Waals surface area (Å²) < 4.78 is 13.4. The predicted octanol–water partition coefficient (Wildman–Crippen LogP) is 4.55. The Labute approximate surface area is 172 Å². The minimum absolute atomic E-state index is 0.0424. The smallest absolute Gasteiger partial charge is 0.410 e. The molecule has 29 heavy (non-hydrogen) atoms. The van der Waals surface area contributed by atoms with Crippen LogP contribution in [-0.2, 0) is 9.47 Å². The average molecular weight is 401 g/mol. The summed E-state index contributed by atoms with van der Waals surface area (Å²) in [7, 11) is 0. The molecule has 2 saturated heterocycles. The Hall–Kier alpha value is -2.28. The number of anilines is 1. The van der Waals surface area contributed by atoms with Crippen LogP contribution in [0.2, 0.25) is 0 Å². The molecule has 2 fully saturated rings. The van der Waals surface area contributed by atoms with Crippen molar-refractivity contribution in [3.8, 4) is 0 Å². The quantitative estimate of drug-likeness (QED) is 0.819. The Balaban J connectivity index is 1.42. The highest BCUT2D eigenvalue weighted by molar-refractivity contribution is 5.82. The molecule has 2 aliphatic heterocycles. The van der Waals surface area contributed by atoms with Gasteiger partial charge >= 0.3 is 6.09 Å². The highest BCUT2D eigenvalue weighted by Crippen LogP contribution is 2.28. The van der Waals surface area contributed by atoms with Gasteiger partial charge in [-0.05, 0) is 71.1 Å². The van der Waals surface area contributed by atoms with E-state index < -0.39 is 5.60 Å². The number of carbonyl (C=O) groups is 1. The maximum Gasteiger partial charge on any atom is 0.410 e. The van der Waals surface area contributed by atoms with Gasteiger partial charge in [-0.2, -0.15) is 5.10 Å².